The van der Waals surface area contributed by atoms with Crippen LogP contribution in [0.25, 0.3) is 11.0 Å². The summed E-state index contributed by atoms with van der Waals surface area (Å²) in [4.78, 5) is 20.2. The molecule has 0 saturated heterocycles. The van der Waals surface area contributed by atoms with Crippen LogP contribution in [0.3, 0.4) is 0 Å². The second-order valence-electron chi connectivity index (χ2n) is 5.51. The fourth-order valence-corrected chi connectivity index (χ4v) is 3.18. The van der Waals surface area contributed by atoms with Gasteiger partial charge in [0.15, 0.2) is 5.16 Å². The summed E-state index contributed by atoms with van der Waals surface area (Å²) in [6, 6.07) is 13.4. The van der Waals surface area contributed by atoms with Crippen LogP contribution in [0.5, 0.6) is 5.75 Å². The number of nitrogens with zero attached hydrogens (tertiary/aromatic N) is 1. The maximum atomic E-state index is 12.4. The minimum atomic E-state index is -0.295. The summed E-state index contributed by atoms with van der Waals surface area (Å²) in [6.45, 7) is 3.89. The average molecular weight is 341 g/mol. The lowest BCUT2D eigenvalue weighted by molar-refractivity contribution is -0.115. The van der Waals surface area contributed by atoms with Gasteiger partial charge in [0.25, 0.3) is 0 Å². The molecule has 1 atom stereocenters. The predicted molar refractivity (Wildman–Crippen MR) is 97.8 cm³/mol. The van der Waals surface area contributed by atoms with Gasteiger partial charge in [-0.05, 0) is 43.7 Å². The van der Waals surface area contributed by atoms with Crippen LogP contribution in [-0.4, -0.2) is 28.2 Å². The highest BCUT2D eigenvalue weighted by Crippen LogP contribution is 2.27. The first-order chi connectivity index (χ1) is 11.6. The number of rotatable bonds is 5. The van der Waals surface area contributed by atoms with Gasteiger partial charge < -0.3 is 15.0 Å². The van der Waals surface area contributed by atoms with Crippen molar-refractivity contribution < 1.29 is 9.53 Å². The number of H-pyrrole nitrogens is 1. The molecule has 0 aliphatic rings. The van der Waals surface area contributed by atoms with Crippen LogP contribution in [0.4, 0.5) is 5.69 Å². The van der Waals surface area contributed by atoms with Gasteiger partial charge in [-0.2, -0.15) is 0 Å². The summed E-state index contributed by atoms with van der Waals surface area (Å²) >= 11 is 1.40. The van der Waals surface area contributed by atoms with Crippen LogP contribution in [0.15, 0.2) is 47.6 Å². The van der Waals surface area contributed by atoms with Gasteiger partial charge in [-0.1, -0.05) is 30.0 Å². The summed E-state index contributed by atoms with van der Waals surface area (Å²) < 4.78 is 5.26. The van der Waals surface area contributed by atoms with Crippen LogP contribution in [0.2, 0.25) is 0 Å². The second-order valence-corrected chi connectivity index (χ2v) is 6.84. The van der Waals surface area contributed by atoms with Crippen molar-refractivity contribution in [3.05, 3.63) is 48.0 Å². The smallest absolute Gasteiger partial charge is 0.237 e. The van der Waals surface area contributed by atoms with Gasteiger partial charge in [-0.15, -0.1) is 0 Å². The van der Waals surface area contributed by atoms with E-state index in [1.807, 2.05) is 56.3 Å². The van der Waals surface area contributed by atoms with Crippen LogP contribution in [0.1, 0.15) is 12.5 Å². The number of methoxy groups -OCH3 is 1. The molecule has 0 fully saturated rings. The lowest BCUT2D eigenvalue weighted by Gasteiger charge is -2.13. The molecule has 1 heterocycles. The fourth-order valence-electron chi connectivity index (χ4n) is 2.36. The molecule has 0 spiro atoms. The number of nitrogens with one attached hydrogen (secondary N) is 2. The Hall–Kier alpha value is -2.47. The number of para-hydroxylation sites is 2. The van der Waals surface area contributed by atoms with Crippen molar-refractivity contribution in [2.45, 2.75) is 24.3 Å². The Kier molecular flexibility index (Phi) is 4.76. The molecule has 2 N–H and O–H groups in total. The average Bonchev–Trinajstić information content (AvgIpc) is 2.96. The monoisotopic (exact) mass is 341 g/mol. The van der Waals surface area contributed by atoms with Crippen molar-refractivity contribution in [2.75, 3.05) is 12.4 Å². The van der Waals surface area contributed by atoms with Crippen molar-refractivity contribution in [1.82, 2.24) is 9.97 Å². The SMILES string of the molecule is COc1ccccc1NC(=O)[C@@H](C)Sc1nc2ccc(C)cc2[nH]1. The zero-order valence-electron chi connectivity index (χ0n) is 13.8. The Bertz CT molecular complexity index is 876. The van der Waals surface area contributed by atoms with Crippen molar-refractivity contribution in [3.8, 4) is 5.75 Å². The molecule has 24 heavy (non-hydrogen) atoms. The summed E-state index contributed by atoms with van der Waals surface area (Å²) in [5.41, 5.74) is 3.72. The fraction of sp³-hybridized carbons (Fsp3) is 0.222. The Balaban J connectivity index is 1.71. The number of aromatic nitrogens is 2. The van der Waals surface area contributed by atoms with E-state index >= 15 is 0 Å². The number of hydrogen-bond donors (Lipinski definition) is 2. The molecular formula is C18H19N3O2S. The van der Waals surface area contributed by atoms with E-state index in [0.717, 1.165) is 16.2 Å². The first-order valence-corrected chi connectivity index (χ1v) is 8.51. The largest absolute Gasteiger partial charge is 0.495 e. The lowest BCUT2D eigenvalue weighted by atomic mass is 10.2. The van der Waals surface area contributed by atoms with Gasteiger partial charge in [-0.25, -0.2) is 4.98 Å². The minimum absolute atomic E-state index is 0.0962. The quantitative estimate of drug-likeness (QED) is 0.688. The van der Waals surface area contributed by atoms with E-state index < -0.39 is 0 Å². The van der Waals surface area contributed by atoms with Gasteiger partial charge in [0.1, 0.15) is 5.75 Å². The van der Waals surface area contributed by atoms with Gasteiger partial charge in [0.05, 0.1) is 29.1 Å². The number of fused-ring (bicyclic) bond motifs is 1. The molecule has 124 valence electrons. The Morgan fingerprint density at radius 2 is 2.08 bits per heavy atom. The highest BCUT2D eigenvalue weighted by Gasteiger charge is 2.18. The number of amides is 1. The maximum absolute atomic E-state index is 12.4. The number of aromatic amines is 1. The molecule has 3 rings (SSSR count). The van der Waals surface area contributed by atoms with E-state index in [2.05, 4.69) is 15.3 Å². The highest BCUT2D eigenvalue weighted by molar-refractivity contribution is 8.00. The molecule has 6 heteroatoms. The highest BCUT2D eigenvalue weighted by atomic mass is 32.2. The standard InChI is InChI=1S/C18H19N3O2S/c1-11-8-9-13-15(10-11)21-18(20-13)24-12(2)17(22)19-14-6-4-5-7-16(14)23-3/h4-10,12H,1-3H3,(H,19,22)(H,20,21)/t12-/m1/s1. The third kappa shape index (κ3) is 3.54. The van der Waals surface area contributed by atoms with Crippen LogP contribution in [0, 0.1) is 6.92 Å². The zero-order chi connectivity index (χ0) is 17.1. The van der Waals surface area contributed by atoms with E-state index in [9.17, 15) is 4.79 Å². The molecule has 2 aromatic carbocycles. The molecule has 1 aromatic heterocycles. The zero-order valence-corrected chi connectivity index (χ0v) is 14.6. The van der Waals surface area contributed by atoms with Gasteiger partial charge in [-0.3, -0.25) is 4.79 Å². The predicted octanol–water partition coefficient (Wildman–Crippen LogP) is 4.00. The molecule has 1 amide bonds. The maximum Gasteiger partial charge on any atom is 0.237 e. The summed E-state index contributed by atoms with van der Waals surface area (Å²) in [5, 5.41) is 3.34. The first-order valence-electron chi connectivity index (χ1n) is 7.63. The summed E-state index contributed by atoms with van der Waals surface area (Å²) in [7, 11) is 1.58. The second kappa shape index (κ2) is 6.97. The third-order valence-electron chi connectivity index (χ3n) is 3.64. The minimum Gasteiger partial charge on any atom is -0.495 e. The number of imidazole rings is 1. The van der Waals surface area contributed by atoms with Crippen LogP contribution in [-0.2, 0) is 4.79 Å². The summed E-state index contributed by atoms with van der Waals surface area (Å²) in [6.07, 6.45) is 0. The number of aryl methyl sites for hydroxylation is 1. The molecule has 3 aromatic rings. The molecule has 0 radical (unpaired) electrons. The van der Waals surface area contributed by atoms with Crippen molar-refractivity contribution >= 4 is 34.4 Å². The Morgan fingerprint density at radius 1 is 1.29 bits per heavy atom. The third-order valence-corrected chi connectivity index (χ3v) is 4.62. The molecular weight excluding hydrogens is 322 g/mol. The number of hydrogen-bond acceptors (Lipinski definition) is 4. The Labute approximate surface area is 144 Å². The Morgan fingerprint density at radius 3 is 2.88 bits per heavy atom. The van der Waals surface area contributed by atoms with Gasteiger partial charge in [0, 0.05) is 0 Å². The number of carbonyl (C=O) groups excluding carboxylic acids is 1. The van der Waals surface area contributed by atoms with Crippen molar-refractivity contribution in [3.63, 3.8) is 0 Å². The number of benzene rings is 2. The molecule has 0 unspecified atom stereocenters. The molecule has 0 bridgehead atoms. The molecule has 0 saturated carbocycles. The van der Waals surface area contributed by atoms with Crippen molar-refractivity contribution in [1.29, 1.82) is 0 Å². The molecule has 0 aliphatic carbocycles. The van der Waals surface area contributed by atoms with E-state index in [4.69, 9.17) is 4.74 Å². The van der Waals surface area contributed by atoms with E-state index in [1.165, 1.54) is 17.3 Å². The van der Waals surface area contributed by atoms with E-state index in [1.54, 1.807) is 7.11 Å². The van der Waals surface area contributed by atoms with E-state index in [0.29, 0.717) is 11.4 Å². The number of thioether (sulfide) groups is 1. The normalized spacial score (nSPS) is 12.1. The van der Waals surface area contributed by atoms with Crippen LogP contribution < -0.4 is 10.1 Å². The van der Waals surface area contributed by atoms with Crippen LogP contribution >= 0.6 is 11.8 Å². The number of anilines is 1. The molecule has 0 aliphatic heterocycles. The summed E-state index contributed by atoms with van der Waals surface area (Å²) in [5.74, 6) is 0.545. The number of carbonyl (C=O) groups is 1. The van der Waals surface area contributed by atoms with Crippen molar-refractivity contribution in [2.24, 2.45) is 0 Å². The topological polar surface area (TPSA) is 67.0 Å². The lowest BCUT2D eigenvalue weighted by Crippen LogP contribution is -2.22. The van der Waals surface area contributed by atoms with E-state index in [-0.39, 0.29) is 11.2 Å². The van der Waals surface area contributed by atoms with Gasteiger partial charge in [0.2, 0.25) is 5.91 Å². The first kappa shape index (κ1) is 16.4. The molecule has 5 nitrogen and oxygen atoms in total. The van der Waals surface area contributed by atoms with Gasteiger partial charge >= 0.3 is 0 Å². The number of ether oxygens (including phenoxy) is 1.